The normalized spacial score (nSPS) is 11.3. The number of nitrogens with zero attached hydrogens (tertiary/aromatic N) is 3. The van der Waals surface area contributed by atoms with Crippen molar-refractivity contribution in [1.82, 2.24) is 14.5 Å². The molecule has 0 saturated carbocycles. The summed E-state index contributed by atoms with van der Waals surface area (Å²) in [5, 5.41) is 5.00. The van der Waals surface area contributed by atoms with E-state index >= 15 is 0 Å². The molecular formula is C42H29N3. The van der Waals surface area contributed by atoms with Crippen molar-refractivity contribution in [2.24, 2.45) is 0 Å². The van der Waals surface area contributed by atoms with Crippen LogP contribution in [0.3, 0.4) is 0 Å². The lowest BCUT2D eigenvalue weighted by Crippen LogP contribution is -1.93. The number of rotatable bonds is 4. The first-order valence-corrected chi connectivity index (χ1v) is 15.1. The highest BCUT2D eigenvalue weighted by molar-refractivity contribution is 6.16. The molecule has 0 unspecified atom stereocenters. The van der Waals surface area contributed by atoms with Crippen LogP contribution in [0.5, 0.6) is 0 Å². The Bertz CT molecular complexity index is 2400. The van der Waals surface area contributed by atoms with E-state index in [2.05, 4.69) is 151 Å². The van der Waals surface area contributed by atoms with Crippen LogP contribution in [0, 0.1) is 0 Å². The standard InChI is InChI=1S/C38H23N3.C4H6/c1-2-14-27(15-3-1)41-33-20-5-4-16-30(33)36-28(17-9-21-34(36)41)25-12-6-13-26(22-25)38-39-23-32-29-18-7-10-24-11-8-19-31(35(24)29)37(32)40-38;1-3-4-2/h1-23H;3-4H,1-2H2. The van der Waals surface area contributed by atoms with Crippen LogP contribution in [0.2, 0.25) is 0 Å². The summed E-state index contributed by atoms with van der Waals surface area (Å²) in [5.41, 5.74) is 11.4. The summed E-state index contributed by atoms with van der Waals surface area (Å²) < 4.78 is 2.36. The highest BCUT2D eigenvalue weighted by atomic mass is 15.0. The third-order valence-corrected chi connectivity index (χ3v) is 8.55. The van der Waals surface area contributed by atoms with Gasteiger partial charge in [-0.2, -0.15) is 0 Å². The summed E-state index contributed by atoms with van der Waals surface area (Å²) in [6.45, 7) is 6.72. The van der Waals surface area contributed by atoms with Crippen LogP contribution in [-0.2, 0) is 0 Å². The Hall–Kier alpha value is -6.06. The average Bonchev–Trinajstić information content (AvgIpc) is 3.63. The molecule has 0 amide bonds. The average molecular weight is 576 g/mol. The van der Waals surface area contributed by atoms with E-state index in [9.17, 15) is 0 Å². The first-order chi connectivity index (χ1) is 22.3. The van der Waals surface area contributed by atoms with Gasteiger partial charge in [0.1, 0.15) is 0 Å². The number of hydrogen-bond donors (Lipinski definition) is 0. The molecule has 0 bridgehead atoms. The lowest BCUT2D eigenvalue weighted by Gasteiger charge is -2.10. The van der Waals surface area contributed by atoms with E-state index in [4.69, 9.17) is 9.97 Å². The van der Waals surface area contributed by atoms with E-state index in [-0.39, 0.29) is 0 Å². The van der Waals surface area contributed by atoms with E-state index < -0.39 is 0 Å². The maximum absolute atomic E-state index is 5.14. The predicted octanol–water partition coefficient (Wildman–Crippen LogP) is 11.1. The van der Waals surface area contributed by atoms with Gasteiger partial charge in [-0.1, -0.05) is 128 Å². The fraction of sp³-hybridized carbons (Fsp3) is 0. The minimum atomic E-state index is 0.745. The van der Waals surface area contributed by atoms with Gasteiger partial charge >= 0.3 is 0 Å². The molecule has 9 rings (SSSR count). The lowest BCUT2D eigenvalue weighted by molar-refractivity contribution is 1.18. The zero-order valence-electron chi connectivity index (χ0n) is 24.7. The van der Waals surface area contributed by atoms with Gasteiger partial charge in [0.25, 0.3) is 0 Å². The summed E-state index contributed by atoms with van der Waals surface area (Å²) >= 11 is 0. The molecule has 0 aliphatic heterocycles. The molecule has 3 nitrogen and oxygen atoms in total. The highest BCUT2D eigenvalue weighted by Crippen LogP contribution is 2.46. The Morgan fingerprint density at radius 1 is 0.533 bits per heavy atom. The molecule has 45 heavy (non-hydrogen) atoms. The molecule has 3 heteroatoms. The zero-order valence-corrected chi connectivity index (χ0v) is 24.7. The molecule has 6 aromatic carbocycles. The smallest absolute Gasteiger partial charge is 0.159 e. The van der Waals surface area contributed by atoms with Gasteiger partial charge in [-0.25, -0.2) is 9.97 Å². The lowest BCUT2D eigenvalue weighted by atomic mass is 9.97. The van der Waals surface area contributed by atoms with Crippen molar-refractivity contribution >= 4 is 32.6 Å². The second kappa shape index (κ2) is 10.9. The molecular weight excluding hydrogens is 546 g/mol. The number of fused-ring (bicyclic) bond motifs is 6. The second-order valence-electron chi connectivity index (χ2n) is 11.1. The third-order valence-electron chi connectivity index (χ3n) is 8.55. The number of allylic oxidation sites excluding steroid dienone is 2. The fourth-order valence-corrected chi connectivity index (χ4v) is 6.63. The summed E-state index contributed by atoms with van der Waals surface area (Å²) in [5.74, 6) is 0.745. The van der Waals surface area contributed by atoms with Gasteiger partial charge in [0.05, 0.1) is 16.7 Å². The quantitative estimate of drug-likeness (QED) is 0.195. The van der Waals surface area contributed by atoms with Gasteiger partial charge in [0, 0.05) is 39.3 Å². The first kappa shape index (κ1) is 26.6. The number of hydrogen-bond acceptors (Lipinski definition) is 2. The van der Waals surface area contributed by atoms with Crippen LogP contribution in [0.4, 0.5) is 0 Å². The molecule has 0 radical (unpaired) electrons. The summed E-state index contributed by atoms with van der Waals surface area (Å²) in [6.07, 6.45) is 5.27. The number of para-hydroxylation sites is 2. The van der Waals surface area contributed by atoms with Crippen LogP contribution in [0.1, 0.15) is 0 Å². The topological polar surface area (TPSA) is 30.7 Å². The van der Waals surface area contributed by atoms with Crippen LogP contribution in [0.25, 0.3) is 83.2 Å². The van der Waals surface area contributed by atoms with Crippen molar-refractivity contribution in [3.05, 3.63) is 165 Å². The minimum absolute atomic E-state index is 0.745. The van der Waals surface area contributed by atoms with Crippen molar-refractivity contribution in [2.75, 3.05) is 0 Å². The zero-order chi connectivity index (χ0) is 30.3. The van der Waals surface area contributed by atoms with Crippen LogP contribution < -0.4 is 0 Å². The van der Waals surface area contributed by atoms with Crippen molar-refractivity contribution in [2.45, 2.75) is 0 Å². The highest BCUT2D eigenvalue weighted by Gasteiger charge is 2.24. The maximum atomic E-state index is 5.14. The third kappa shape index (κ3) is 4.29. The van der Waals surface area contributed by atoms with Crippen molar-refractivity contribution < 1.29 is 0 Å². The van der Waals surface area contributed by atoms with Crippen LogP contribution in [0.15, 0.2) is 165 Å². The molecule has 0 fully saturated rings. The molecule has 0 N–H and O–H groups in total. The molecule has 8 aromatic rings. The Morgan fingerprint density at radius 3 is 2.02 bits per heavy atom. The second-order valence-corrected chi connectivity index (χ2v) is 11.1. The largest absolute Gasteiger partial charge is 0.309 e. The molecule has 212 valence electrons. The van der Waals surface area contributed by atoms with E-state index in [1.165, 1.54) is 49.3 Å². The van der Waals surface area contributed by atoms with Gasteiger partial charge < -0.3 is 4.57 Å². The van der Waals surface area contributed by atoms with Crippen LogP contribution >= 0.6 is 0 Å². The van der Waals surface area contributed by atoms with Crippen molar-refractivity contribution in [3.63, 3.8) is 0 Å². The Morgan fingerprint density at radius 2 is 1.20 bits per heavy atom. The molecule has 0 saturated heterocycles. The van der Waals surface area contributed by atoms with Crippen molar-refractivity contribution in [1.29, 1.82) is 0 Å². The summed E-state index contributed by atoms with van der Waals surface area (Å²) in [6, 6.07) is 47.4. The predicted molar refractivity (Wildman–Crippen MR) is 190 cm³/mol. The summed E-state index contributed by atoms with van der Waals surface area (Å²) in [7, 11) is 0. The monoisotopic (exact) mass is 575 g/mol. The van der Waals surface area contributed by atoms with Gasteiger partial charge in [-0.3, -0.25) is 0 Å². The Kier molecular flexibility index (Phi) is 6.43. The van der Waals surface area contributed by atoms with Gasteiger partial charge in [-0.05, 0) is 57.8 Å². The molecule has 1 aliphatic carbocycles. The first-order valence-electron chi connectivity index (χ1n) is 15.1. The minimum Gasteiger partial charge on any atom is -0.309 e. The van der Waals surface area contributed by atoms with Crippen LogP contribution in [-0.4, -0.2) is 14.5 Å². The number of aromatic nitrogens is 3. The fourth-order valence-electron chi connectivity index (χ4n) is 6.63. The van der Waals surface area contributed by atoms with E-state index in [1.807, 2.05) is 6.20 Å². The van der Waals surface area contributed by atoms with Gasteiger partial charge in [0.15, 0.2) is 5.82 Å². The van der Waals surface area contributed by atoms with Gasteiger partial charge in [0.2, 0.25) is 0 Å². The van der Waals surface area contributed by atoms with Gasteiger partial charge in [-0.15, -0.1) is 0 Å². The van der Waals surface area contributed by atoms with E-state index in [1.54, 1.807) is 12.2 Å². The molecule has 0 atom stereocenters. The number of benzene rings is 6. The Labute approximate surface area is 262 Å². The van der Waals surface area contributed by atoms with E-state index in [0.717, 1.165) is 33.9 Å². The van der Waals surface area contributed by atoms with Crippen molar-refractivity contribution in [3.8, 4) is 50.6 Å². The molecule has 0 spiro atoms. The molecule has 2 heterocycles. The summed E-state index contributed by atoms with van der Waals surface area (Å²) in [4.78, 5) is 10.0. The maximum Gasteiger partial charge on any atom is 0.159 e. The molecule has 1 aliphatic rings. The van der Waals surface area contributed by atoms with E-state index in [0.29, 0.717) is 0 Å². The SMILES string of the molecule is C=CC=C.c1ccc(-n2c3ccccc3c3c(-c4cccc(-c5ncc6c(n5)-c5cccc7cccc-6c57)c4)cccc32)cc1. The molecule has 2 aromatic heterocycles. The Balaban J connectivity index is 0.000000712.